The molecule has 2 aromatic heterocycles. The third-order valence-electron chi connectivity index (χ3n) is 2.71. The second-order valence-electron chi connectivity index (χ2n) is 3.78. The van der Waals surface area contributed by atoms with Gasteiger partial charge in [0, 0.05) is 11.3 Å². The van der Waals surface area contributed by atoms with Crippen LogP contribution in [0.2, 0.25) is 5.15 Å². The first-order chi connectivity index (χ1) is 8.27. The Labute approximate surface area is 103 Å². The molecular weight excluding hydrogens is 234 g/mol. The van der Waals surface area contributed by atoms with E-state index in [1.165, 1.54) is 0 Å². The maximum Gasteiger partial charge on any atom is 0.147 e. The van der Waals surface area contributed by atoms with Gasteiger partial charge < -0.3 is 5.73 Å². The van der Waals surface area contributed by atoms with Gasteiger partial charge in [-0.3, -0.25) is 4.40 Å². The van der Waals surface area contributed by atoms with Crippen LogP contribution in [0.5, 0.6) is 0 Å². The Balaban J connectivity index is 2.36. The molecule has 2 N–H and O–H groups in total. The minimum atomic E-state index is 0.623. The van der Waals surface area contributed by atoms with Gasteiger partial charge in [0.05, 0.1) is 11.7 Å². The third kappa shape index (κ3) is 1.56. The molecule has 17 heavy (non-hydrogen) atoms. The molecular formula is C13H10ClN3. The molecule has 84 valence electrons. The number of hydrogen-bond donors (Lipinski definition) is 1. The van der Waals surface area contributed by atoms with Crippen molar-refractivity contribution in [2.24, 2.45) is 0 Å². The van der Waals surface area contributed by atoms with Crippen molar-refractivity contribution in [2.45, 2.75) is 0 Å². The second-order valence-corrected chi connectivity index (χ2v) is 4.17. The highest BCUT2D eigenvalue weighted by molar-refractivity contribution is 6.30. The van der Waals surface area contributed by atoms with Crippen molar-refractivity contribution in [3.63, 3.8) is 0 Å². The molecule has 3 aromatic rings. The van der Waals surface area contributed by atoms with Crippen LogP contribution in [0.3, 0.4) is 0 Å². The standard InChI is InChI=1S/C13H10ClN3/c14-12-7-3-4-9-8-16-13(17(9)12)10-5-1-2-6-11(10)15/h1-8H,15H2. The molecule has 0 aliphatic rings. The van der Waals surface area contributed by atoms with Crippen molar-refractivity contribution in [1.82, 2.24) is 9.38 Å². The average Bonchev–Trinajstić information content (AvgIpc) is 2.75. The summed E-state index contributed by atoms with van der Waals surface area (Å²) in [7, 11) is 0. The van der Waals surface area contributed by atoms with Gasteiger partial charge in [-0.05, 0) is 24.3 Å². The Morgan fingerprint density at radius 1 is 1.06 bits per heavy atom. The number of fused-ring (bicyclic) bond motifs is 1. The van der Waals surface area contributed by atoms with E-state index in [4.69, 9.17) is 17.3 Å². The Morgan fingerprint density at radius 3 is 2.71 bits per heavy atom. The summed E-state index contributed by atoms with van der Waals surface area (Å²) in [5.41, 5.74) is 8.49. The zero-order valence-corrected chi connectivity index (χ0v) is 9.72. The molecule has 1 aromatic carbocycles. The van der Waals surface area contributed by atoms with Gasteiger partial charge in [-0.1, -0.05) is 29.8 Å². The minimum absolute atomic E-state index is 0.623. The smallest absolute Gasteiger partial charge is 0.147 e. The number of imidazole rings is 1. The van der Waals surface area contributed by atoms with Crippen molar-refractivity contribution in [1.29, 1.82) is 0 Å². The fourth-order valence-corrected chi connectivity index (χ4v) is 2.15. The molecule has 0 saturated heterocycles. The van der Waals surface area contributed by atoms with Gasteiger partial charge in [-0.25, -0.2) is 4.98 Å². The Kier molecular flexibility index (Phi) is 2.27. The fourth-order valence-electron chi connectivity index (χ4n) is 1.90. The number of hydrogen-bond acceptors (Lipinski definition) is 2. The number of pyridine rings is 1. The van der Waals surface area contributed by atoms with E-state index in [0.29, 0.717) is 10.8 Å². The van der Waals surface area contributed by atoms with Crippen LogP contribution in [0, 0.1) is 0 Å². The van der Waals surface area contributed by atoms with Crippen LogP contribution < -0.4 is 5.73 Å². The van der Waals surface area contributed by atoms with Crippen LogP contribution in [0.25, 0.3) is 16.9 Å². The number of aromatic nitrogens is 2. The lowest BCUT2D eigenvalue weighted by molar-refractivity contribution is 1.16. The van der Waals surface area contributed by atoms with E-state index in [-0.39, 0.29) is 0 Å². The number of nitrogens with two attached hydrogens (primary N) is 1. The van der Waals surface area contributed by atoms with Gasteiger partial charge in [0.1, 0.15) is 11.0 Å². The molecule has 0 saturated carbocycles. The molecule has 0 aliphatic heterocycles. The van der Waals surface area contributed by atoms with Crippen molar-refractivity contribution in [2.75, 3.05) is 5.73 Å². The Hall–Kier alpha value is -2.00. The SMILES string of the molecule is Nc1ccccc1-c1ncc2cccc(Cl)n12. The fraction of sp³-hybridized carbons (Fsp3) is 0. The van der Waals surface area contributed by atoms with Gasteiger partial charge in [-0.2, -0.15) is 0 Å². The summed E-state index contributed by atoms with van der Waals surface area (Å²) in [6.07, 6.45) is 1.79. The first-order valence-electron chi connectivity index (χ1n) is 5.24. The van der Waals surface area contributed by atoms with E-state index >= 15 is 0 Å². The molecule has 0 bridgehead atoms. The predicted molar refractivity (Wildman–Crippen MR) is 70.1 cm³/mol. The molecule has 3 rings (SSSR count). The lowest BCUT2D eigenvalue weighted by atomic mass is 10.2. The summed E-state index contributed by atoms with van der Waals surface area (Å²) in [4.78, 5) is 4.39. The molecule has 0 atom stereocenters. The predicted octanol–water partition coefficient (Wildman–Crippen LogP) is 3.24. The maximum absolute atomic E-state index is 6.19. The van der Waals surface area contributed by atoms with Gasteiger partial charge in [0.15, 0.2) is 0 Å². The van der Waals surface area contributed by atoms with Crippen molar-refractivity contribution < 1.29 is 0 Å². The number of anilines is 1. The normalized spacial score (nSPS) is 10.9. The van der Waals surface area contributed by atoms with Gasteiger partial charge in [0.2, 0.25) is 0 Å². The highest BCUT2D eigenvalue weighted by Crippen LogP contribution is 2.27. The molecule has 4 heteroatoms. The number of halogens is 1. The van der Waals surface area contributed by atoms with Crippen LogP contribution in [0.1, 0.15) is 0 Å². The molecule has 0 amide bonds. The van der Waals surface area contributed by atoms with E-state index in [0.717, 1.165) is 16.9 Å². The first kappa shape index (κ1) is 10.2. The molecule has 0 radical (unpaired) electrons. The van der Waals surface area contributed by atoms with Crippen molar-refractivity contribution >= 4 is 22.8 Å². The molecule has 2 heterocycles. The third-order valence-corrected chi connectivity index (χ3v) is 3.00. The van der Waals surface area contributed by atoms with Crippen LogP contribution in [0.4, 0.5) is 5.69 Å². The van der Waals surface area contributed by atoms with Crippen LogP contribution in [0.15, 0.2) is 48.7 Å². The van der Waals surface area contributed by atoms with E-state index in [2.05, 4.69) is 4.98 Å². The lowest BCUT2D eigenvalue weighted by Crippen LogP contribution is -1.95. The monoisotopic (exact) mass is 243 g/mol. The quantitative estimate of drug-likeness (QED) is 0.527. The highest BCUT2D eigenvalue weighted by atomic mass is 35.5. The average molecular weight is 244 g/mol. The van der Waals surface area contributed by atoms with E-state index in [1.54, 1.807) is 6.20 Å². The van der Waals surface area contributed by atoms with E-state index in [9.17, 15) is 0 Å². The Bertz CT molecular complexity index is 688. The zero-order valence-electron chi connectivity index (χ0n) is 8.97. The number of rotatable bonds is 1. The molecule has 3 nitrogen and oxygen atoms in total. The zero-order chi connectivity index (χ0) is 11.8. The summed E-state index contributed by atoms with van der Waals surface area (Å²) in [6.45, 7) is 0. The van der Waals surface area contributed by atoms with Crippen LogP contribution in [-0.2, 0) is 0 Å². The van der Waals surface area contributed by atoms with Gasteiger partial charge in [-0.15, -0.1) is 0 Å². The van der Waals surface area contributed by atoms with Gasteiger partial charge in [0.25, 0.3) is 0 Å². The summed E-state index contributed by atoms with van der Waals surface area (Å²) < 4.78 is 1.88. The highest BCUT2D eigenvalue weighted by Gasteiger charge is 2.10. The second kappa shape index (κ2) is 3.79. The van der Waals surface area contributed by atoms with Gasteiger partial charge >= 0.3 is 0 Å². The molecule has 0 spiro atoms. The number of para-hydroxylation sites is 1. The van der Waals surface area contributed by atoms with Crippen LogP contribution in [-0.4, -0.2) is 9.38 Å². The molecule has 0 unspecified atom stereocenters. The minimum Gasteiger partial charge on any atom is -0.398 e. The largest absolute Gasteiger partial charge is 0.398 e. The van der Waals surface area contributed by atoms with Crippen molar-refractivity contribution in [3.8, 4) is 11.4 Å². The van der Waals surface area contributed by atoms with E-state index in [1.807, 2.05) is 46.9 Å². The lowest BCUT2D eigenvalue weighted by Gasteiger charge is -2.06. The first-order valence-corrected chi connectivity index (χ1v) is 5.62. The van der Waals surface area contributed by atoms with Crippen molar-refractivity contribution in [3.05, 3.63) is 53.8 Å². The van der Waals surface area contributed by atoms with E-state index < -0.39 is 0 Å². The number of nitrogens with zero attached hydrogens (tertiary/aromatic N) is 2. The summed E-state index contributed by atoms with van der Waals surface area (Å²) in [5.74, 6) is 0.767. The number of nitrogen functional groups attached to an aromatic ring is 1. The summed E-state index contributed by atoms with van der Waals surface area (Å²) >= 11 is 6.19. The molecule has 0 fully saturated rings. The number of benzene rings is 1. The molecule has 0 aliphatic carbocycles. The summed E-state index contributed by atoms with van der Waals surface area (Å²) in [5, 5.41) is 0.623. The maximum atomic E-state index is 6.19. The topological polar surface area (TPSA) is 43.3 Å². The van der Waals surface area contributed by atoms with Crippen LogP contribution >= 0.6 is 11.6 Å². The Morgan fingerprint density at radius 2 is 1.88 bits per heavy atom. The summed E-state index contributed by atoms with van der Waals surface area (Å²) in [6, 6.07) is 13.3.